The van der Waals surface area contributed by atoms with Crippen LogP contribution in [-0.4, -0.2) is 16.7 Å². The molecule has 0 aliphatic heterocycles. The highest BCUT2D eigenvalue weighted by Crippen LogP contribution is 2.28. The molecular formula is C24H21BrIN3O2. The zero-order valence-corrected chi connectivity index (χ0v) is 21.1. The van der Waals surface area contributed by atoms with Crippen LogP contribution in [0.15, 0.2) is 62.5 Å². The number of carbonyl (C=O) groups is 1. The van der Waals surface area contributed by atoms with E-state index >= 15 is 0 Å². The summed E-state index contributed by atoms with van der Waals surface area (Å²) in [6, 6.07) is 16.0. The first-order chi connectivity index (χ1) is 14.9. The van der Waals surface area contributed by atoms with Crippen LogP contribution in [0.3, 0.4) is 0 Å². The number of hydrogen-bond acceptors (Lipinski definition) is 3. The molecule has 2 aromatic carbocycles. The molecule has 0 spiro atoms. The summed E-state index contributed by atoms with van der Waals surface area (Å²) in [5.74, 6) is -0.157. The number of aromatic nitrogens is 1. The van der Waals surface area contributed by atoms with E-state index in [1.54, 1.807) is 12.3 Å². The van der Waals surface area contributed by atoms with E-state index in [-0.39, 0.29) is 11.7 Å². The first-order valence-electron chi connectivity index (χ1n) is 9.88. The number of carbonyl (C=O) groups excluding carboxylic acids is 1. The first kappa shape index (κ1) is 21.8. The summed E-state index contributed by atoms with van der Waals surface area (Å²) in [7, 11) is 0. The van der Waals surface area contributed by atoms with Gasteiger partial charge in [0.2, 0.25) is 0 Å². The molecule has 158 valence electrons. The lowest BCUT2D eigenvalue weighted by molar-refractivity contribution is 0.0929. The van der Waals surface area contributed by atoms with Gasteiger partial charge in [0, 0.05) is 32.5 Å². The number of hydrazone groups is 1. The highest BCUT2D eigenvalue weighted by atomic mass is 127. The number of hydrogen-bond donors (Lipinski definition) is 1. The number of aryl methyl sites for hydroxylation is 2. The molecule has 0 atom stereocenters. The minimum atomic E-state index is -0.385. The number of para-hydroxylation sites is 1. The first-order valence-corrected chi connectivity index (χ1v) is 11.8. The monoisotopic (exact) mass is 589 g/mol. The highest BCUT2D eigenvalue weighted by molar-refractivity contribution is 14.1. The van der Waals surface area contributed by atoms with Crippen LogP contribution in [0, 0.1) is 17.4 Å². The van der Waals surface area contributed by atoms with Gasteiger partial charge in [-0.05, 0) is 78.8 Å². The Morgan fingerprint density at radius 2 is 2.00 bits per heavy atom. The lowest BCUT2D eigenvalue weighted by Gasteiger charge is -2.13. The molecule has 2 aromatic heterocycles. The van der Waals surface area contributed by atoms with Crippen LogP contribution in [0.25, 0.3) is 16.7 Å². The Balaban J connectivity index is 1.56. The average Bonchev–Trinajstić information content (AvgIpc) is 3.29. The molecule has 2 heterocycles. The van der Waals surface area contributed by atoms with Gasteiger partial charge >= 0.3 is 5.91 Å². The molecule has 0 unspecified atom stereocenters. The van der Waals surface area contributed by atoms with Crippen LogP contribution in [0.2, 0.25) is 0 Å². The number of furan rings is 1. The van der Waals surface area contributed by atoms with Crippen molar-refractivity contribution in [2.45, 2.75) is 27.2 Å². The van der Waals surface area contributed by atoms with Gasteiger partial charge in [0.15, 0.2) is 5.76 Å². The predicted octanol–water partition coefficient (Wildman–Crippen LogP) is 6.53. The van der Waals surface area contributed by atoms with E-state index in [0.29, 0.717) is 5.58 Å². The van der Waals surface area contributed by atoms with Crippen molar-refractivity contribution in [3.8, 4) is 5.69 Å². The molecule has 1 N–H and O–H groups in total. The second-order valence-electron chi connectivity index (χ2n) is 7.26. The molecule has 0 aliphatic rings. The summed E-state index contributed by atoms with van der Waals surface area (Å²) >= 11 is 5.65. The Bertz CT molecular complexity index is 1320. The van der Waals surface area contributed by atoms with Gasteiger partial charge in [0.1, 0.15) is 5.58 Å². The van der Waals surface area contributed by atoms with E-state index in [0.717, 1.165) is 36.8 Å². The summed E-state index contributed by atoms with van der Waals surface area (Å²) in [4.78, 5) is 12.5. The maximum absolute atomic E-state index is 12.5. The van der Waals surface area contributed by atoms with Crippen LogP contribution in [0.1, 0.15) is 40.0 Å². The Morgan fingerprint density at radius 1 is 1.23 bits per heavy atom. The lowest BCUT2D eigenvalue weighted by Crippen LogP contribution is -2.16. The second kappa shape index (κ2) is 9.00. The number of nitrogens with one attached hydrogen (secondary N) is 1. The van der Waals surface area contributed by atoms with E-state index in [1.807, 2.05) is 12.1 Å². The molecule has 5 nitrogen and oxygen atoms in total. The zero-order chi connectivity index (χ0) is 22.1. The van der Waals surface area contributed by atoms with Gasteiger partial charge in [-0.3, -0.25) is 4.79 Å². The van der Waals surface area contributed by atoms with Gasteiger partial charge in [0.25, 0.3) is 0 Å². The quantitative estimate of drug-likeness (QED) is 0.163. The molecule has 0 saturated heterocycles. The summed E-state index contributed by atoms with van der Waals surface area (Å²) in [6.07, 6.45) is 2.63. The van der Waals surface area contributed by atoms with Crippen LogP contribution >= 0.6 is 38.5 Å². The lowest BCUT2D eigenvalue weighted by atomic mass is 10.1. The molecule has 4 rings (SSSR count). The van der Waals surface area contributed by atoms with Crippen LogP contribution in [0.4, 0.5) is 0 Å². The number of amides is 1. The number of fused-ring (bicyclic) bond motifs is 1. The van der Waals surface area contributed by atoms with Crippen molar-refractivity contribution < 1.29 is 9.21 Å². The van der Waals surface area contributed by atoms with Crippen molar-refractivity contribution in [1.29, 1.82) is 0 Å². The Kier molecular flexibility index (Phi) is 6.34. The van der Waals surface area contributed by atoms with Crippen molar-refractivity contribution in [1.82, 2.24) is 9.99 Å². The fourth-order valence-electron chi connectivity index (χ4n) is 3.72. The van der Waals surface area contributed by atoms with Crippen molar-refractivity contribution in [2.75, 3.05) is 0 Å². The molecule has 4 aromatic rings. The summed E-state index contributed by atoms with van der Waals surface area (Å²) in [5, 5.41) is 5.04. The Labute approximate surface area is 202 Å². The van der Waals surface area contributed by atoms with E-state index in [1.165, 1.54) is 11.3 Å². The van der Waals surface area contributed by atoms with E-state index in [2.05, 4.69) is 105 Å². The summed E-state index contributed by atoms with van der Waals surface area (Å²) < 4.78 is 9.83. The van der Waals surface area contributed by atoms with Crippen molar-refractivity contribution in [3.05, 3.63) is 84.8 Å². The minimum absolute atomic E-state index is 0.227. The van der Waals surface area contributed by atoms with E-state index in [4.69, 9.17) is 4.42 Å². The molecule has 0 aliphatic carbocycles. The van der Waals surface area contributed by atoms with Crippen molar-refractivity contribution in [2.24, 2.45) is 5.10 Å². The topological polar surface area (TPSA) is 59.5 Å². The maximum Gasteiger partial charge on any atom is 0.307 e. The molecule has 0 bridgehead atoms. The summed E-state index contributed by atoms with van der Waals surface area (Å²) in [6.45, 7) is 6.29. The smallest absolute Gasteiger partial charge is 0.307 e. The highest BCUT2D eigenvalue weighted by Gasteiger charge is 2.15. The van der Waals surface area contributed by atoms with Gasteiger partial charge in [-0.25, -0.2) is 5.43 Å². The third kappa shape index (κ3) is 4.34. The zero-order valence-electron chi connectivity index (χ0n) is 17.4. The molecule has 0 fully saturated rings. The van der Waals surface area contributed by atoms with E-state index < -0.39 is 0 Å². The molecular weight excluding hydrogens is 569 g/mol. The third-order valence-electron chi connectivity index (χ3n) is 5.21. The Morgan fingerprint density at radius 3 is 2.77 bits per heavy atom. The normalized spacial score (nSPS) is 11.5. The van der Waals surface area contributed by atoms with Crippen LogP contribution < -0.4 is 5.43 Å². The predicted molar refractivity (Wildman–Crippen MR) is 136 cm³/mol. The van der Waals surface area contributed by atoms with Crippen LogP contribution in [0.5, 0.6) is 0 Å². The number of benzene rings is 2. The fraction of sp³-hybridized carbons (Fsp3) is 0.167. The molecule has 7 heteroatoms. The number of rotatable bonds is 5. The van der Waals surface area contributed by atoms with Crippen molar-refractivity contribution in [3.63, 3.8) is 0 Å². The van der Waals surface area contributed by atoms with Crippen LogP contribution in [-0.2, 0) is 6.42 Å². The van der Waals surface area contributed by atoms with Gasteiger partial charge < -0.3 is 8.98 Å². The SMILES string of the molecule is CCc1ccccc1-n1c(C)cc(/C=N\NC(=O)c2cc3cc(Br)cc(I)c3o2)c1C. The molecule has 31 heavy (non-hydrogen) atoms. The average molecular weight is 590 g/mol. The fourth-order valence-corrected chi connectivity index (χ4v) is 5.38. The second-order valence-corrected chi connectivity index (χ2v) is 9.34. The summed E-state index contributed by atoms with van der Waals surface area (Å²) in [5.41, 5.74) is 8.86. The molecule has 0 saturated carbocycles. The van der Waals surface area contributed by atoms with E-state index in [9.17, 15) is 4.79 Å². The maximum atomic E-state index is 12.5. The minimum Gasteiger partial charge on any atom is -0.450 e. The van der Waals surface area contributed by atoms with Crippen molar-refractivity contribution >= 4 is 61.6 Å². The number of nitrogens with zero attached hydrogens (tertiary/aromatic N) is 2. The van der Waals surface area contributed by atoms with Gasteiger partial charge in [0.05, 0.1) is 9.78 Å². The van der Waals surface area contributed by atoms with Gasteiger partial charge in [-0.15, -0.1) is 0 Å². The largest absolute Gasteiger partial charge is 0.450 e. The molecule has 0 radical (unpaired) electrons. The third-order valence-corrected chi connectivity index (χ3v) is 6.47. The standard InChI is InChI=1S/C24H21BrIN3O2/c1-4-16-7-5-6-8-21(16)29-14(2)9-18(15(29)3)13-27-28-24(30)22-11-17-10-19(25)12-20(26)23(17)31-22/h5-13H,4H2,1-3H3,(H,28,30)/b27-13-. The molecule has 1 amide bonds. The number of halogens is 2. The van der Waals surface area contributed by atoms with Gasteiger partial charge in [-0.2, -0.15) is 5.10 Å². The van der Waals surface area contributed by atoms with Gasteiger partial charge in [-0.1, -0.05) is 41.1 Å². The Hall–Kier alpha value is -2.39.